The molecule has 0 unspecified atom stereocenters. The summed E-state index contributed by atoms with van der Waals surface area (Å²) >= 11 is 0. The van der Waals surface area contributed by atoms with Crippen molar-refractivity contribution in [1.82, 2.24) is 4.98 Å². The van der Waals surface area contributed by atoms with Gasteiger partial charge in [-0.15, -0.1) is 0 Å². The van der Waals surface area contributed by atoms with Gasteiger partial charge in [0.15, 0.2) is 0 Å². The summed E-state index contributed by atoms with van der Waals surface area (Å²) in [6.45, 7) is 0.482. The molecule has 0 saturated heterocycles. The number of ether oxygens (including phenoxy) is 1. The molecule has 1 aromatic heterocycles. The Bertz CT molecular complexity index is 826. The molecule has 0 aliphatic rings. The van der Waals surface area contributed by atoms with Crippen molar-refractivity contribution in [3.63, 3.8) is 0 Å². The molecule has 2 aromatic carbocycles. The fourth-order valence-electron chi connectivity index (χ4n) is 2.33. The molecule has 0 atom stereocenters. The summed E-state index contributed by atoms with van der Waals surface area (Å²) in [6.07, 6.45) is 0. The van der Waals surface area contributed by atoms with E-state index in [1.54, 1.807) is 25.3 Å². The van der Waals surface area contributed by atoms with Crippen molar-refractivity contribution in [2.24, 2.45) is 0 Å². The minimum Gasteiger partial charge on any atom is -0.380 e. The Labute approximate surface area is 126 Å². The standard InChI is InChI=1S/C17H15FN2O2/c1-22-10-11-3-2-4-14(7-11)19-17(21)16-9-12-8-13(18)5-6-15(12)20-16/h2-9,20H,10H2,1H3,(H,19,21). The van der Waals surface area contributed by atoms with Gasteiger partial charge in [-0.1, -0.05) is 12.1 Å². The molecular weight excluding hydrogens is 283 g/mol. The van der Waals surface area contributed by atoms with Crippen LogP contribution in [0.5, 0.6) is 0 Å². The first-order chi connectivity index (χ1) is 10.7. The molecule has 112 valence electrons. The summed E-state index contributed by atoms with van der Waals surface area (Å²) in [5, 5.41) is 3.48. The van der Waals surface area contributed by atoms with Gasteiger partial charge < -0.3 is 15.0 Å². The fourth-order valence-corrected chi connectivity index (χ4v) is 2.33. The first kappa shape index (κ1) is 14.3. The Balaban J connectivity index is 1.82. The average Bonchev–Trinajstić information content (AvgIpc) is 2.91. The molecule has 3 aromatic rings. The van der Waals surface area contributed by atoms with E-state index in [9.17, 15) is 9.18 Å². The number of halogens is 1. The molecule has 3 rings (SSSR count). The molecule has 0 aliphatic carbocycles. The van der Waals surface area contributed by atoms with Crippen molar-refractivity contribution >= 4 is 22.5 Å². The van der Waals surface area contributed by atoms with Gasteiger partial charge >= 0.3 is 0 Å². The zero-order valence-corrected chi connectivity index (χ0v) is 12.0. The van der Waals surface area contributed by atoms with Crippen LogP contribution < -0.4 is 5.32 Å². The van der Waals surface area contributed by atoms with Crippen LogP contribution in [0.1, 0.15) is 16.1 Å². The first-order valence-corrected chi connectivity index (χ1v) is 6.83. The molecule has 0 aliphatic heterocycles. The van der Waals surface area contributed by atoms with Gasteiger partial charge in [0, 0.05) is 23.7 Å². The van der Waals surface area contributed by atoms with Gasteiger partial charge in [-0.3, -0.25) is 4.79 Å². The smallest absolute Gasteiger partial charge is 0.272 e. The molecule has 5 heteroatoms. The highest BCUT2D eigenvalue weighted by Crippen LogP contribution is 2.18. The largest absolute Gasteiger partial charge is 0.380 e. The van der Waals surface area contributed by atoms with Gasteiger partial charge in [0.25, 0.3) is 5.91 Å². The van der Waals surface area contributed by atoms with Gasteiger partial charge in [-0.2, -0.15) is 0 Å². The van der Waals surface area contributed by atoms with Gasteiger partial charge in [0.05, 0.1) is 6.61 Å². The van der Waals surface area contributed by atoms with Gasteiger partial charge in [-0.05, 0) is 42.0 Å². The monoisotopic (exact) mass is 298 g/mol. The topological polar surface area (TPSA) is 54.1 Å². The predicted octanol–water partition coefficient (Wildman–Crippen LogP) is 3.71. The number of aromatic nitrogens is 1. The zero-order valence-electron chi connectivity index (χ0n) is 12.0. The number of anilines is 1. The number of carbonyl (C=O) groups is 1. The maximum atomic E-state index is 13.2. The van der Waals surface area contributed by atoms with Crippen molar-refractivity contribution in [3.05, 3.63) is 65.6 Å². The Morgan fingerprint density at radius 2 is 2.09 bits per heavy atom. The maximum absolute atomic E-state index is 13.2. The maximum Gasteiger partial charge on any atom is 0.272 e. The first-order valence-electron chi connectivity index (χ1n) is 6.83. The van der Waals surface area contributed by atoms with E-state index in [4.69, 9.17) is 4.74 Å². The number of fused-ring (bicyclic) bond motifs is 1. The third-order valence-corrected chi connectivity index (χ3v) is 3.32. The van der Waals surface area contributed by atoms with Crippen LogP contribution in [0.2, 0.25) is 0 Å². The highest BCUT2D eigenvalue weighted by Gasteiger charge is 2.10. The molecule has 1 amide bonds. The lowest BCUT2D eigenvalue weighted by Crippen LogP contribution is -2.12. The second kappa shape index (κ2) is 5.99. The number of hydrogen-bond acceptors (Lipinski definition) is 2. The molecule has 0 bridgehead atoms. The van der Waals surface area contributed by atoms with Gasteiger partial charge in [0.2, 0.25) is 0 Å². The molecule has 0 fully saturated rings. The van der Waals surface area contributed by atoms with E-state index in [1.165, 1.54) is 12.1 Å². The number of H-pyrrole nitrogens is 1. The molecule has 1 heterocycles. The third-order valence-electron chi connectivity index (χ3n) is 3.32. The summed E-state index contributed by atoms with van der Waals surface area (Å²) in [7, 11) is 1.62. The highest BCUT2D eigenvalue weighted by molar-refractivity contribution is 6.05. The van der Waals surface area contributed by atoms with Crippen molar-refractivity contribution in [3.8, 4) is 0 Å². The van der Waals surface area contributed by atoms with E-state index in [0.29, 0.717) is 23.4 Å². The lowest BCUT2D eigenvalue weighted by Gasteiger charge is -2.06. The van der Waals surface area contributed by atoms with Crippen molar-refractivity contribution in [2.45, 2.75) is 6.61 Å². The van der Waals surface area contributed by atoms with E-state index in [-0.39, 0.29) is 11.7 Å². The number of rotatable bonds is 4. The van der Waals surface area contributed by atoms with Crippen LogP contribution in [0, 0.1) is 5.82 Å². The second-order valence-corrected chi connectivity index (χ2v) is 5.00. The number of amides is 1. The minimum atomic E-state index is -0.328. The van der Waals surface area contributed by atoms with E-state index in [0.717, 1.165) is 11.1 Å². The third kappa shape index (κ3) is 2.99. The van der Waals surface area contributed by atoms with Crippen LogP contribution in [-0.2, 0) is 11.3 Å². The highest BCUT2D eigenvalue weighted by atomic mass is 19.1. The number of aromatic amines is 1. The lowest BCUT2D eigenvalue weighted by molar-refractivity contribution is 0.102. The SMILES string of the molecule is COCc1cccc(NC(=O)c2cc3cc(F)ccc3[nH]2)c1. The normalized spacial score (nSPS) is 10.8. The van der Waals surface area contributed by atoms with Crippen molar-refractivity contribution < 1.29 is 13.9 Å². The van der Waals surface area contributed by atoms with Crippen LogP contribution in [0.4, 0.5) is 10.1 Å². The summed E-state index contributed by atoms with van der Waals surface area (Å²) in [5.74, 6) is -0.600. The number of methoxy groups -OCH3 is 1. The second-order valence-electron chi connectivity index (χ2n) is 5.00. The van der Waals surface area contributed by atoms with Crippen LogP contribution >= 0.6 is 0 Å². The Morgan fingerprint density at radius 1 is 1.23 bits per heavy atom. The zero-order chi connectivity index (χ0) is 15.5. The van der Waals surface area contributed by atoms with E-state index in [2.05, 4.69) is 10.3 Å². The average molecular weight is 298 g/mol. The molecule has 2 N–H and O–H groups in total. The van der Waals surface area contributed by atoms with Crippen LogP contribution in [0.3, 0.4) is 0 Å². The fraction of sp³-hybridized carbons (Fsp3) is 0.118. The van der Waals surface area contributed by atoms with Gasteiger partial charge in [-0.25, -0.2) is 4.39 Å². The molecular formula is C17H15FN2O2. The Kier molecular flexibility index (Phi) is 3.89. The van der Waals surface area contributed by atoms with E-state index in [1.807, 2.05) is 18.2 Å². The molecule has 0 radical (unpaired) electrons. The van der Waals surface area contributed by atoms with E-state index >= 15 is 0 Å². The predicted molar refractivity (Wildman–Crippen MR) is 83.4 cm³/mol. The van der Waals surface area contributed by atoms with Crippen molar-refractivity contribution in [1.29, 1.82) is 0 Å². The number of carbonyl (C=O) groups excluding carboxylic acids is 1. The number of benzene rings is 2. The minimum absolute atomic E-state index is 0.272. The molecule has 0 spiro atoms. The van der Waals surface area contributed by atoms with Crippen molar-refractivity contribution in [2.75, 3.05) is 12.4 Å². The molecule has 0 saturated carbocycles. The lowest BCUT2D eigenvalue weighted by atomic mass is 10.2. The van der Waals surface area contributed by atoms with Crippen LogP contribution in [0.15, 0.2) is 48.5 Å². The number of hydrogen-bond donors (Lipinski definition) is 2. The Morgan fingerprint density at radius 3 is 2.91 bits per heavy atom. The summed E-state index contributed by atoms with van der Waals surface area (Å²) in [4.78, 5) is 15.2. The summed E-state index contributed by atoms with van der Waals surface area (Å²) in [5.41, 5.74) is 2.76. The van der Waals surface area contributed by atoms with Gasteiger partial charge in [0.1, 0.15) is 11.5 Å². The molecule has 4 nitrogen and oxygen atoms in total. The summed E-state index contributed by atoms with van der Waals surface area (Å²) < 4.78 is 18.3. The quantitative estimate of drug-likeness (QED) is 0.771. The van der Waals surface area contributed by atoms with E-state index < -0.39 is 0 Å². The molecule has 22 heavy (non-hydrogen) atoms. The van der Waals surface area contributed by atoms with Crippen LogP contribution in [0.25, 0.3) is 10.9 Å². The Hall–Kier alpha value is -2.66. The summed E-state index contributed by atoms with van der Waals surface area (Å²) in [6, 6.07) is 13.4. The number of nitrogens with one attached hydrogen (secondary N) is 2. The van der Waals surface area contributed by atoms with Crippen LogP contribution in [-0.4, -0.2) is 18.0 Å².